The summed E-state index contributed by atoms with van der Waals surface area (Å²) in [7, 11) is 0. The van der Waals surface area contributed by atoms with Crippen LogP contribution in [0, 0.1) is 0 Å². The van der Waals surface area contributed by atoms with E-state index >= 15 is 0 Å². The van der Waals surface area contributed by atoms with Gasteiger partial charge in [0.2, 0.25) is 0 Å². The molecule has 0 unspecified atom stereocenters. The lowest BCUT2D eigenvalue weighted by Gasteiger charge is -2.05. The first kappa shape index (κ1) is 12.9. The van der Waals surface area contributed by atoms with Gasteiger partial charge in [-0.25, -0.2) is 9.78 Å². The van der Waals surface area contributed by atoms with E-state index in [1.165, 1.54) is 6.07 Å². The van der Waals surface area contributed by atoms with Crippen LogP contribution in [0.15, 0.2) is 40.2 Å². The summed E-state index contributed by atoms with van der Waals surface area (Å²) in [5.74, 6) is 0.414. The standard InChI is InChI=1S/C12H11NO3S2/c14-11(15)9-2-1-3-10(8-9)16-5-7-18-12-13-4-6-17-12/h1-4,6,8H,5,7H2,(H,14,15). The summed E-state index contributed by atoms with van der Waals surface area (Å²) < 4.78 is 6.50. The molecule has 1 heterocycles. The van der Waals surface area contributed by atoms with Crippen molar-refractivity contribution in [3.63, 3.8) is 0 Å². The number of hydrogen-bond acceptors (Lipinski definition) is 5. The van der Waals surface area contributed by atoms with Gasteiger partial charge in [-0.3, -0.25) is 0 Å². The van der Waals surface area contributed by atoms with Gasteiger partial charge in [0.25, 0.3) is 0 Å². The van der Waals surface area contributed by atoms with E-state index in [9.17, 15) is 4.79 Å². The van der Waals surface area contributed by atoms with Crippen molar-refractivity contribution in [3.8, 4) is 5.75 Å². The molecule has 6 heteroatoms. The highest BCUT2D eigenvalue weighted by Crippen LogP contribution is 2.20. The highest BCUT2D eigenvalue weighted by atomic mass is 32.2. The van der Waals surface area contributed by atoms with Crippen molar-refractivity contribution in [3.05, 3.63) is 41.4 Å². The van der Waals surface area contributed by atoms with Gasteiger partial charge in [-0.05, 0) is 18.2 Å². The fourth-order valence-electron chi connectivity index (χ4n) is 1.29. The molecule has 0 aliphatic carbocycles. The number of rotatable bonds is 6. The lowest BCUT2D eigenvalue weighted by Crippen LogP contribution is -2.02. The predicted octanol–water partition coefficient (Wildman–Crippen LogP) is 3.01. The summed E-state index contributed by atoms with van der Waals surface area (Å²) in [6, 6.07) is 6.49. The van der Waals surface area contributed by atoms with Crippen molar-refractivity contribution < 1.29 is 14.6 Å². The van der Waals surface area contributed by atoms with Gasteiger partial charge < -0.3 is 9.84 Å². The first-order valence-corrected chi connectivity index (χ1v) is 7.10. The van der Waals surface area contributed by atoms with Crippen LogP contribution in [0.3, 0.4) is 0 Å². The van der Waals surface area contributed by atoms with Crippen LogP contribution in [-0.4, -0.2) is 28.4 Å². The molecule has 2 rings (SSSR count). The molecule has 0 spiro atoms. The summed E-state index contributed by atoms with van der Waals surface area (Å²) in [4.78, 5) is 14.9. The number of benzene rings is 1. The van der Waals surface area contributed by atoms with Gasteiger partial charge in [0.15, 0.2) is 0 Å². The van der Waals surface area contributed by atoms with Crippen molar-refractivity contribution in [2.75, 3.05) is 12.4 Å². The first-order chi connectivity index (χ1) is 8.75. The predicted molar refractivity (Wildman–Crippen MR) is 71.7 cm³/mol. The third-order valence-electron chi connectivity index (χ3n) is 2.07. The minimum absolute atomic E-state index is 0.236. The zero-order valence-corrected chi connectivity index (χ0v) is 11.0. The number of carbonyl (C=O) groups is 1. The number of thiazole rings is 1. The molecule has 0 fully saturated rings. The molecule has 94 valence electrons. The van der Waals surface area contributed by atoms with Gasteiger partial charge in [0.05, 0.1) is 12.2 Å². The molecular formula is C12H11NO3S2. The number of thioether (sulfide) groups is 1. The average molecular weight is 281 g/mol. The van der Waals surface area contributed by atoms with Crippen LogP contribution in [-0.2, 0) is 0 Å². The summed E-state index contributed by atoms with van der Waals surface area (Å²) in [5, 5.41) is 10.8. The molecule has 0 aliphatic heterocycles. The van der Waals surface area contributed by atoms with Gasteiger partial charge in [-0.15, -0.1) is 11.3 Å². The van der Waals surface area contributed by atoms with Crippen molar-refractivity contribution in [2.45, 2.75) is 4.34 Å². The number of aromatic carboxylic acids is 1. The van der Waals surface area contributed by atoms with Crippen molar-refractivity contribution in [1.82, 2.24) is 4.98 Å². The number of aromatic nitrogens is 1. The Labute approximate surface area is 113 Å². The second-order valence-electron chi connectivity index (χ2n) is 3.33. The SMILES string of the molecule is O=C(O)c1cccc(OCCSc2nccs2)c1. The van der Waals surface area contributed by atoms with Crippen molar-refractivity contribution in [1.29, 1.82) is 0 Å². The lowest BCUT2D eigenvalue weighted by molar-refractivity contribution is 0.0696. The zero-order valence-electron chi connectivity index (χ0n) is 9.41. The highest BCUT2D eigenvalue weighted by Gasteiger charge is 2.03. The number of ether oxygens (including phenoxy) is 1. The Morgan fingerprint density at radius 1 is 1.50 bits per heavy atom. The Morgan fingerprint density at radius 3 is 3.11 bits per heavy atom. The molecule has 0 bridgehead atoms. The molecule has 0 radical (unpaired) electrons. The van der Waals surface area contributed by atoms with Crippen LogP contribution in [0.2, 0.25) is 0 Å². The van der Waals surface area contributed by atoms with E-state index in [2.05, 4.69) is 4.98 Å². The van der Waals surface area contributed by atoms with Gasteiger partial charge in [-0.2, -0.15) is 0 Å². The minimum Gasteiger partial charge on any atom is -0.493 e. The molecular weight excluding hydrogens is 270 g/mol. The molecule has 4 nitrogen and oxygen atoms in total. The van der Waals surface area contributed by atoms with Gasteiger partial charge >= 0.3 is 5.97 Å². The second-order valence-corrected chi connectivity index (χ2v) is 5.56. The molecule has 0 saturated heterocycles. The maximum atomic E-state index is 10.8. The van der Waals surface area contributed by atoms with Crippen LogP contribution in [0.4, 0.5) is 0 Å². The largest absolute Gasteiger partial charge is 0.493 e. The number of hydrogen-bond donors (Lipinski definition) is 1. The lowest BCUT2D eigenvalue weighted by atomic mass is 10.2. The van der Waals surface area contributed by atoms with Crippen LogP contribution in [0.1, 0.15) is 10.4 Å². The monoisotopic (exact) mass is 281 g/mol. The highest BCUT2D eigenvalue weighted by molar-refractivity contribution is 8.01. The summed E-state index contributed by atoms with van der Waals surface area (Å²) in [6.45, 7) is 0.521. The Balaban J connectivity index is 1.79. The Morgan fingerprint density at radius 2 is 2.39 bits per heavy atom. The van der Waals surface area contributed by atoms with Crippen LogP contribution in [0.5, 0.6) is 5.75 Å². The summed E-state index contributed by atoms with van der Waals surface area (Å²) in [5.41, 5.74) is 0.236. The fraction of sp³-hybridized carbons (Fsp3) is 0.167. The second kappa shape index (κ2) is 6.42. The van der Waals surface area contributed by atoms with Crippen molar-refractivity contribution in [2.24, 2.45) is 0 Å². The third kappa shape index (κ3) is 3.75. The van der Waals surface area contributed by atoms with Crippen LogP contribution < -0.4 is 4.74 Å². The van der Waals surface area contributed by atoms with E-state index in [1.54, 1.807) is 47.5 Å². The van der Waals surface area contributed by atoms with E-state index in [1.807, 2.05) is 5.38 Å². The number of nitrogens with zero attached hydrogens (tertiary/aromatic N) is 1. The molecule has 0 amide bonds. The molecule has 0 saturated carbocycles. The topological polar surface area (TPSA) is 59.4 Å². The fourth-order valence-corrected chi connectivity index (χ4v) is 2.81. The van der Waals surface area contributed by atoms with E-state index in [0.29, 0.717) is 12.4 Å². The molecule has 0 atom stereocenters. The quantitative estimate of drug-likeness (QED) is 0.651. The molecule has 1 aromatic heterocycles. The smallest absolute Gasteiger partial charge is 0.335 e. The van der Waals surface area contributed by atoms with Gasteiger partial charge in [0.1, 0.15) is 10.1 Å². The van der Waals surface area contributed by atoms with Crippen LogP contribution in [0.25, 0.3) is 0 Å². The molecule has 1 aromatic carbocycles. The average Bonchev–Trinajstić information content (AvgIpc) is 2.88. The minimum atomic E-state index is -0.947. The molecule has 0 aliphatic rings. The summed E-state index contributed by atoms with van der Waals surface area (Å²) in [6.07, 6.45) is 1.77. The van der Waals surface area contributed by atoms with Gasteiger partial charge in [0, 0.05) is 17.3 Å². The Kier molecular flexibility index (Phi) is 4.60. The normalized spacial score (nSPS) is 10.2. The maximum Gasteiger partial charge on any atom is 0.335 e. The third-order valence-corrected chi connectivity index (χ3v) is 4.00. The van der Waals surface area contributed by atoms with E-state index in [0.717, 1.165) is 10.1 Å². The maximum absolute atomic E-state index is 10.8. The Hall–Kier alpha value is -1.53. The van der Waals surface area contributed by atoms with E-state index in [4.69, 9.17) is 9.84 Å². The molecule has 2 aromatic rings. The van der Waals surface area contributed by atoms with Crippen LogP contribution >= 0.6 is 23.1 Å². The first-order valence-electron chi connectivity index (χ1n) is 5.24. The van der Waals surface area contributed by atoms with E-state index < -0.39 is 5.97 Å². The zero-order chi connectivity index (χ0) is 12.8. The van der Waals surface area contributed by atoms with Crippen molar-refractivity contribution >= 4 is 29.1 Å². The number of carboxylic acids is 1. The molecule has 18 heavy (non-hydrogen) atoms. The van der Waals surface area contributed by atoms with Gasteiger partial charge in [-0.1, -0.05) is 17.8 Å². The Bertz CT molecular complexity index is 514. The molecule has 1 N–H and O–H groups in total. The summed E-state index contributed by atoms with van der Waals surface area (Å²) >= 11 is 3.22. The van der Waals surface area contributed by atoms with E-state index in [-0.39, 0.29) is 5.56 Å². The number of carboxylic acid groups (broad SMARTS) is 1.